The molecule has 1 heterocycles. The molecular formula is C23H19N3O3. The molecule has 0 atom stereocenters. The molecule has 0 aliphatic heterocycles. The number of amides is 1. The van der Waals surface area contributed by atoms with Crippen molar-refractivity contribution in [2.24, 2.45) is 0 Å². The van der Waals surface area contributed by atoms with E-state index in [-0.39, 0.29) is 5.91 Å². The number of H-pyrrole nitrogens is 1. The summed E-state index contributed by atoms with van der Waals surface area (Å²) in [5, 5.41) is 3.20. The summed E-state index contributed by atoms with van der Waals surface area (Å²) in [6, 6.07) is 19.1. The van der Waals surface area contributed by atoms with Crippen LogP contribution in [0.5, 0.6) is 0 Å². The summed E-state index contributed by atoms with van der Waals surface area (Å²) in [6.45, 7) is 3.91. The number of benzene rings is 3. The van der Waals surface area contributed by atoms with Gasteiger partial charge in [0.15, 0.2) is 0 Å². The van der Waals surface area contributed by atoms with Crippen molar-refractivity contribution >= 4 is 22.5 Å². The van der Waals surface area contributed by atoms with Crippen molar-refractivity contribution in [1.29, 1.82) is 0 Å². The van der Waals surface area contributed by atoms with Gasteiger partial charge < -0.3 is 10.3 Å². The molecular weight excluding hydrogens is 366 g/mol. The average Bonchev–Trinajstić information content (AvgIpc) is 2.70. The molecule has 0 aliphatic carbocycles. The fourth-order valence-corrected chi connectivity index (χ4v) is 3.32. The summed E-state index contributed by atoms with van der Waals surface area (Å²) >= 11 is 0. The zero-order valence-electron chi connectivity index (χ0n) is 16.0. The zero-order chi connectivity index (χ0) is 20.5. The number of aromatic amines is 1. The molecule has 29 heavy (non-hydrogen) atoms. The molecule has 1 amide bonds. The summed E-state index contributed by atoms with van der Waals surface area (Å²) in [6.07, 6.45) is 0. The predicted octanol–water partition coefficient (Wildman–Crippen LogP) is 3.55. The molecule has 0 bridgehead atoms. The number of carbonyl (C=O) groups excluding carboxylic acids is 1. The van der Waals surface area contributed by atoms with E-state index in [1.807, 2.05) is 38.1 Å². The molecule has 0 fully saturated rings. The molecule has 0 unspecified atom stereocenters. The quantitative estimate of drug-likeness (QED) is 0.566. The van der Waals surface area contributed by atoms with E-state index in [0.717, 1.165) is 15.7 Å². The lowest BCUT2D eigenvalue weighted by molar-refractivity contribution is 0.102. The highest BCUT2D eigenvalue weighted by Gasteiger charge is 2.13. The van der Waals surface area contributed by atoms with Crippen molar-refractivity contribution < 1.29 is 4.79 Å². The van der Waals surface area contributed by atoms with Crippen molar-refractivity contribution in [3.05, 3.63) is 104 Å². The molecule has 0 spiro atoms. The Hall–Kier alpha value is -3.93. The average molecular weight is 385 g/mol. The largest absolute Gasteiger partial charge is 0.333 e. The summed E-state index contributed by atoms with van der Waals surface area (Å²) in [4.78, 5) is 40.7. The van der Waals surface area contributed by atoms with E-state index in [1.165, 1.54) is 6.07 Å². The topological polar surface area (TPSA) is 84.0 Å². The molecule has 1 aromatic heterocycles. The third kappa shape index (κ3) is 3.48. The highest BCUT2D eigenvalue weighted by Crippen LogP contribution is 2.18. The fourth-order valence-electron chi connectivity index (χ4n) is 3.32. The molecule has 4 aromatic rings. The van der Waals surface area contributed by atoms with E-state index in [1.54, 1.807) is 36.4 Å². The van der Waals surface area contributed by atoms with E-state index < -0.39 is 11.2 Å². The molecule has 4 rings (SSSR count). The lowest BCUT2D eigenvalue weighted by Crippen LogP contribution is -2.33. The number of anilines is 1. The molecule has 0 aliphatic rings. The van der Waals surface area contributed by atoms with Crippen LogP contribution in [0.25, 0.3) is 16.6 Å². The number of fused-ring (bicyclic) bond motifs is 1. The van der Waals surface area contributed by atoms with E-state index in [0.29, 0.717) is 27.8 Å². The van der Waals surface area contributed by atoms with Crippen LogP contribution in [0.3, 0.4) is 0 Å². The van der Waals surface area contributed by atoms with Gasteiger partial charge in [0.2, 0.25) is 0 Å². The first-order valence-electron chi connectivity index (χ1n) is 9.17. The van der Waals surface area contributed by atoms with Gasteiger partial charge in [0.05, 0.1) is 16.6 Å². The molecule has 6 heteroatoms. The highest BCUT2D eigenvalue weighted by molar-refractivity contribution is 6.06. The van der Waals surface area contributed by atoms with Gasteiger partial charge >= 0.3 is 5.69 Å². The Morgan fingerprint density at radius 3 is 2.41 bits per heavy atom. The Morgan fingerprint density at radius 2 is 1.69 bits per heavy atom. The highest BCUT2D eigenvalue weighted by atomic mass is 16.2. The predicted molar refractivity (Wildman–Crippen MR) is 114 cm³/mol. The van der Waals surface area contributed by atoms with Gasteiger partial charge in [-0.05, 0) is 55.8 Å². The van der Waals surface area contributed by atoms with Crippen LogP contribution in [0.15, 0.2) is 76.3 Å². The summed E-state index contributed by atoms with van der Waals surface area (Å²) in [7, 11) is 0. The van der Waals surface area contributed by atoms with Crippen LogP contribution in [0.1, 0.15) is 21.5 Å². The van der Waals surface area contributed by atoms with E-state index >= 15 is 0 Å². The van der Waals surface area contributed by atoms with Crippen molar-refractivity contribution in [1.82, 2.24) is 9.55 Å². The van der Waals surface area contributed by atoms with E-state index in [2.05, 4.69) is 10.3 Å². The van der Waals surface area contributed by atoms with Gasteiger partial charge in [-0.25, -0.2) is 9.36 Å². The standard InChI is InChI=1S/C23H19N3O3/c1-14-8-11-19(15(2)12-14)24-21(27)16-9-10-18-20(13-16)25-23(29)26(22(18)28)17-6-4-3-5-7-17/h3-13H,1-2H3,(H,24,27)(H,25,29). The van der Waals surface area contributed by atoms with Gasteiger partial charge in [0, 0.05) is 11.3 Å². The minimum atomic E-state index is -0.555. The maximum Gasteiger partial charge on any atom is 0.333 e. The Balaban J connectivity index is 1.74. The fraction of sp³-hybridized carbons (Fsp3) is 0.0870. The van der Waals surface area contributed by atoms with Crippen LogP contribution >= 0.6 is 0 Å². The minimum Gasteiger partial charge on any atom is -0.322 e. The summed E-state index contributed by atoms with van der Waals surface area (Å²) in [5.74, 6) is -0.313. The SMILES string of the molecule is Cc1ccc(NC(=O)c2ccc3c(=O)n(-c4ccccc4)c(=O)[nH]c3c2)c(C)c1. The first-order chi connectivity index (χ1) is 13.9. The van der Waals surface area contributed by atoms with Gasteiger partial charge in [-0.2, -0.15) is 0 Å². The third-order valence-corrected chi connectivity index (χ3v) is 4.80. The molecule has 6 nitrogen and oxygen atoms in total. The lowest BCUT2D eigenvalue weighted by Gasteiger charge is -2.10. The third-order valence-electron chi connectivity index (χ3n) is 4.80. The molecule has 3 aromatic carbocycles. The van der Waals surface area contributed by atoms with Crippen molar-refractivity contribution in [3.63, 3.8) is 0 Å². The van der Waals surface area contributed by atoms with Gasteiger partial charge in [-0.3, -0.25) is 9.59 Å². The maximum atomic E-state index is 12.8. The van der Waals surface area contributed by atoms with Gasteiger partial charge in [-0.1, -0.05) is 35.9 Å². The second-order valence-corrected chi connectivity index (χ2v) is 6.94. The Labute approximate surface area is 166 Å². The summed E-state index contributed by atoms with van der Waals surface area (Å²) in [5.41, 5.74) is 2.95. The normalized spacial score (nSPS) is 10.8. The number of hydrogen-bond donors (Lipinski definition) is 2. The van der Waals surface area contributed by atoms with Gasteiger partial charge in [0.1, 0.15) is 0 Å². The Bertz CT molecular complexity index is 1350. The van der Waals surface area contributed by atoms with E-state index in [9.17, 15) is 14.4 Å². The van der Waals surface area contributed by atoms with Crippen LogP contribution < -0.4 is 16.6 Å². The van der Waals surface area contributed by atoms with Crippen molar-refractivity contribution in [2.45, 2.75) is 13.8 Å². The number of aryl methyl sites for hydroxylation is 2. The second-order valence-electron chi connectivity index (χ2n) is 6.94. The zero-order valence-corrected chi connectivity index (χ0v) is 16.0. The molecule has 144 valence electrons. The van der Waals surface area contributed by atoms with Crippen LogP contribution in [0, 0.1) is 13.8 Å². The van der Waals surface area contributed by atoms with E-state index in [4.69, 9.17) is 0 Å². The first-order valence-corrected chi connectivity index (χ1v) is 9.17. The molecule has 0 radical (unpaired) electrons. The lowest BCUT2D eigenvalue weighted by atomic mass is 10.1. The number of nitrogens with zero attached hydrogens (tertiary/aromatic N) is 1. The minimum absolute atomic E-state index is 0.313. The summed E-state index contributed by atoms with van der Waals surface area (Å²) < 4.78 is 1.08. The van der Waals surface area contributed by atoms with Crippen molar-refractivity contribution in [2.75, 3.05) is 5.32 Å². The number of aromatic nitrogens is 2. The van der Waals surface area contributed by atoms with Gasteiger partial charge in [-0.15, -0.1) is 0 Å². The first kappa shape index (κ1) is 18.4. The number of carbonyl (C=O) groups is 1. The molecule has 2 N–H and O–H groups in total. The van der Waals surface area contributed by atoms with Crippen molar-refractivity contribution in [3.8, 4) is 5.69 Å². The van der Waals surface area contributed by atoms with Crippen LogP contribution in [-0.2, 0) is 0 Å². The molecule has 0 saturated heterocycles. The van der Waals surface area contributed by atoms with Gasteiger partial charge in [0.25, 0.3) is 11.5 Å². The van der Waals surface area contributed by atoms with Crippen LogP contribution in [0.2, 0.25) is 0 Å². The monoisotopic (exact) mass is 385 g/mol. The number of para-hydroxylation sites is 1. The number of nitrogens with one attached hydrogen (secondary N) is 2. The molecule has 0 saturated carbocycles. The number of hydrogen-bond acceptors (Lipinski definition) is 3. The Morgan fingerprint density at radius 1 is 0.931 bits per heavy atom. The maximum absolute atomic E-state index is 12.8. The number of rotatable bonds is 3. The Kier molecular flexibility index (Phi) is 4.60. The van der Waals surface area contributed by atoms with Crippen LogP contribution in [-0.4, -0.2) is 15.5 Å². The smallest absolute Gasteiger partial charge is 0.322 e. The van der Waals surface area contributed by atoms with Crippen LogP contribution in [0.4, 0.5) is 5.69 Å². The second kappa shape index (κ2) is 7.24.